The summed E-state index contributed by atoms with van der Waals surface area (Å²) < 4.78 is 40.7. The highest BCUT2D eigenvalue weighted by Gasteiger charge is 2.27. The molecule has 0 aromatic rings. The Labute approximate surface area is 353 Å². The summed E-state index contributed by atoms with van der Waals surface area (Å²) >= 11 is 0. The third kappa shape index (κ3) is 46.5. The molecule has 0 saturated carbocycles. The summed E-state index contributed by atoms with van der Waals surface area (Å²) in [7, 11) is -3.50. The summed E-state index contributed by atoms with van der Waals surface area (Å²) in [6.45, 7) is 9.06. The lowest BCUT2D eigenvalue weighted by Crippen LogP contribution is -2.35. The van der Waals surface area contributed by atoms with Crippen LogP contribution in [0.3, 0.4) is 0 Å². The molecular weight excluding hydrogens is 713 g/mol. The molecule has 56 heavy (non-hydrogen) atoms. The molecule has 0 aromatic carbocycles. The molecule has 0 aliphatic carbocycles. The van der Waals surface area contributed by atoms with Gasteiger partial charge in [0, 0.05) is 18.6 Å². The van der Waals surface area contributed by atoms with E-state index in [0.717, 1.165) is 19.1 Å². The van der Waals surface area contributed by atoms with Crippen LogP contribution in [0.5, 0.6) is 0 Å². The van der Waals surface area contributed by atoms with Gasteiger partial charge in [-0.1, -0.05) is 265 Å². The van der Waals surface area contributed by atoms with E-state index < -0.39 is 15.5 Å². The van der Waals surface area contributed by atoms with E-state index in [1.54, 1.807) is 0 Å². The molecule has 0 radical (unpaired) electrons. The molecular formula is C50H102O5S. The quantitative estimate of drug-likeness (QED) is 0.0452. The fourth-order valence-electron chi connectivity index (χ4n) is 7.93. The zero-order valence-electron chi connectivity index (χ0n) is 38.8. The first-order valence-electron chi connectivity index (χ1n) is 25.3. The fraction of sp³-hybridized carbons (Fsp3) is 1.00. The highest BCUT2D eigenvalue weighted by Crippen LogP contribution is 2.21. The molecule has 0 bridgehead atoms. The number of rotatable bonds is 49. The molecule has 6 heteroatoms. The minimum absolute atomic E-state index is 0.102. The predicted octanol–water partition coefficient (Wildman–Crippen LogP) is 16.6. The molecule has 0 spiro atoms. The lowest BCUT2D eigenvalue weighted by molar-refractivity contribution is -0.0353. The Balaban J connectivity index is 3.67. The number of hydrogen-bond acceptors (Lipinski definition) is 5. The van der Waals surface area contributed by atoms with Crippen molar-refractivity contribution >= 4 is 10.1 Å². The summed E-state index contributed by atoms with van der Waals surface area (Å²) in [5.41, 5.74) is -0.468. The average Bonchev–Trinajstić information content (AvgIpc) is 3.18. The summed E-state index contributed by atoms with van der Waals surface area (Å²) in [4.78, 5) is 0. The van der Waals surface area contributed by atoms with E-state index in [-0.39, 0.29) is 6.61 Å². The van der Waals surface area contributed by atoms with Gasteiger partial charge in [0.25, 0.3) is 10.1 Å². The van der Waals surface area contributed by atoms with Crippen LogP contribution in [-0.2, 0) is 23.8 Å². The molecule has 0 aliphatic heterocycles. The van der Waals surface area contributed by atoms with Crippen molar-refractivity contribution in [2.45, 2.75) is 278 Å². The number of hydrogen-bond donors (Lipinski definition) is 0. The van der Waals surface area contributed by atoms with E-state index in [1.165, 1.54) is 244 Å². The maximum atomic E-state index is 11.7. The fourth-order valence-corrected chi connectivity index (χ4v) is 8.43. The van der Waals surface area contributed by atoms with Gasteiger partial charge in [-0.3, -0.25) is 4.18 Å². The monoisotopic (exact) mass is 815 g/mol. The Kier molecular flexibility index (Phi) is 44.2. The van der Waals surface area contributed by atoms with E-state index in [0.29, 0.717) is 26.4 Å². The van der Waals surface area contributed by atoms with E-state index in [2.05, 4.69) is 13.8 Å². The van der Waals surface area contributed by atoms with Crippen LogP contribution in [0.2, 0.25) is 0 Å². The van der Waals surface area contributed by atoms with Crippen LogP contribution in [0.1, 0.15) is 278 Å². The SMILES string of the molecule is CCCCCCCCCCCCCCCCCCCCCCOCC(C)(COCCCCCCCCCCCCCCCCCCCCCC)COS(C)(=O)=O. The van der Waals surface area contributed by atoms with Gasteiger partial charge in [-0.2, -0.15) is 8.42 Å². The third-order valence-corrected chi connectivity index (χ3v) is 12.4. The maximum Gasteiger partial charge on any atom is 0.264 e. The van der Waals surface area contributed by atoms with Crippen molar-refractivity contribution in [3.05, 3.63) is 0 Å². The molecule has 0 fully saturated rings. The van der Waals surface area contributed by atoms with Crippen molar-refractivity contribution in [1.82, 2.24) is 0 Å². The van der Waals surface area contributed by atoms with Crippen molar-refractivity contribution in [3.8, 4) is 0 Å². The van der Waals surface area contributed by atoms with Crippen LogP contribution < -0.4 is 0 Å². The van der Waals surface area contributed by atoms with Crippen LogP contribution >= 0.6 is 0 Å². The highest BCUT2D eigenvalue weighted by atomic mass is 32.2. The second kappa shape index (κ2) is 44.4. The van der Waals surface area contributed by atoms with Crippen molar-refractivity contribution in [3.63, 3.8) is 0 Å². The molecule has 0 aromatic heterocycles. The summed E-state index contributed by atoms with van der Waals surface area (Å²) in [6.07, 6.45) is 56.3. The van der Waals surface area contributed by atoms with Crippen molar-refractivity contribution in [1.29, 1.82) is 0 Å². The zero-order valence-corrected chi connectivity index (χ0v) is 39.6. The lowest BCUT2D eigenvalue weighted by atomic mass is 9.94. The summed E-state index contributed by atoms with van der Waals surface area (Å²) in [5.74, 6) is 0. The Bertz CT molecular complexity index is 798. The van der Waals surface area contributed by atoms with Gasteiger partial charge in [-0.05, 0) is 12.8 Å². The molecule has 0 saturated heterocycles. The van der Waals surface area contributed by atoms with Crippen LogP contribution in [0.25, 0.3) is 0 Å². The largest absolute Gasteiger partial charge is 0.381 e. The van der Waals surface area contributed by atoms with E-state index in [4.69, 9.17) is 13.7 Å². The Morgan fingerprint density at radius 2 is 0.518 bits per heavy atom. The molecule has 338 valence electrons. The Morgan fingerprint density at radius 3 is 0.714 bits per heavy atom. The second-order valence-electron chi connectivity index (χ2n) is 18.3. The van der Waals surface area contributed by atoms with Gasteiger partial charge >= 0.3 is 0 Å². The standard InChI is InChI=1S/C50H102O5S/c1-5-7-9-11-13-15-17-19-21-23-25-27-29-31-33-35-37-39-41-43-45-53-47-50(3,49-55-56(4,51)52)48-54-46-44-42-40-38-36-34-32-30-28-26-24-22-20-18-16-14-12-10-8-6-2/h5-49H2,1-4H3. The van der Waals surface area contributed by atoms with Gasteiger partial charge in [0.15, 0.2) is 0 Å². The Hall–Kier alpha value is -0.170. The van der Waals surface area contributed by atoms with Gasteiger partial charge in [0.1, 0.15) is 0 Å². The van der Waals surface area contributed by atoms with Crippen molar-refractivity contribution in [2.24, 2.45) is 5.41 Å². The van der Waals surface area contributed by atoms with Gasteiger partial charge in [-0.15, -0.1) is 0 Å². The first-order chi connectivity index (χ1) is 27.3. The topological polar surface area (TPSA) is 61.8 Å². The van der Waals surface area contributed by atoms with Gasteiger partial charge in [0.05, 0.1) is 26.1 Å². The highest BCUT2D eigenvalue weighted by molar-refractivity contribution is 7.85. The van der Waals surface area contributed by atoms with E-state index >= 15 is 0 Å². The number of ether oxygens (including phenoxy) is 2. The van der Waals surface area contributed by atoms with Crippen LogP contribution in [-0.4, -0.2) is 47.7 Å². The Morgan fingerprint density at radius 1 is 0.321 bits per heavy atom. The van der Waals surface area contributed by atoms with Gasteiger partial charge < -0.3 is 9.47 Å². The molecule has 0 amide bonds. The zero-order chi connectivity index (χ0) is 40.9. The van der Waals surface area contributed by atoms with E-state index in [1.807, 2.05) is 6.92 Å². The molecule has 0 heterocycles. The molecule has 0 unspecified atom stereocenters. The summed E-state index contributed by atoms with van der Waals surface area (Å²) in [5, 5.41) is 0. The molecule has 5 nitrogen and oxygen atoms in total. The average molecular weight is 815 g/mol. The molecule has 0 atom stereocenters. The lowest BCUT2D eigenvalue weighted by Gasteiger charge is -2.28. The summed E-state index contributed by atoms with van der Waals surface area (Å²) in [6, 6.07) is 0. The minimum Gasteiger partial charge on any atom is -0.381 e. The normalized spacial score (nSPS) is 12.3. The maximum absolute atomic E-state index is 11.7. The van der Waals surface area contributed by atoms with Crippen molar-refractivity contribution < 1.29 is 22.1 Å². The van der Waals surface area contributed by atoms with Crippen LogP contribution in [0.4, 0.5) is 0 Å². The number of unbranched alkanes of at least 4 members (excludes halogenated alkanes) is 38. The minimum atomic E-state index is -3.50. The third-order valence-electron chi connectivity index (χ3n) is 11.8. The predicted molar refractivity (Wildman–Crippen MR) is 247 cm³/mol. The molecule has 0 N–H and O–H groups in total. The van der Waals surface area contributed by atoms with E-state index in [9.17, 15) is 8.42 Å². The first kappa shape index (κ1) is 55.8. The van der Waals surface area contributed by atoms with Crippen molar-refractivity contribution in [2.75, 3.05) is 39.3 Å². The molecule has 0 aliphatic rings. The second-order valence-corrected chi connectivity index (χ2v) is 20.0. The van der Waals surface area contributed by atoms with Crippen LogP contribution in [0.15, 0.2) is 0 Å². The molecule has 0 rings (SSSR count). The van der Waals surface area contributed by atoms with Crippen LogP contribution in [0, 0.1) is 5.41 Å². The van der Waals surface area contributed by atoms with Gasteiger partial charge in [-0.25, -0.2) is 0 Å². The first-order valence-corrected chi connectivity index (χ1v) is 27.1. The smallest absolute Gasteiger partial charge is 0.264 e. The van der Waals surface area contributed by atoms with Gasteiger partial charge in [0.2, 0.25) is 0 Å².